The van der Waals surface area contributed by atoms with Crippen molar-refractivity contribution >= 4 is 23.2 Å². The number of aromatic nitrogens is 1. The number of ether oxygens (including phenoxy) is 1. The van der Waals surface area contributed by atoms with Crippen molar-refractivity contribution in [2.45, 2.75) is 26.3 Å². The molecular weight excluding hydrogens is 316 g/mol. The highest BCUT2D eigenvalue weighted by molar-refractivity contribution is 7.13. The van der Waals surface area contributed by atoms with Crippen LogP contribution in [0.25, 0.3) is 0 Å². The predicted octanol–water partition coefficient (Wildman–Crippen LogP) is 2.58. The van der Waals surface area contributed by atoms with Gasteiger partial charge in [0.25, 0.3) is 5.91 Å². The lowest BCUT2D eigenvalue weighted by atomic mass is 10.1. The van der Waals surface area contributed by atoms with Crippen LogP contribution >= 0.6 is 11.3 Å². The van der Waals surface area contributed by atoms with E-state index in [1.165, 1.54) is 18.4 Å². The van der Waals surface area contributed by atoms with E-state index >= 15 is 0 Å². The summed E-state index contributed by atoms with van der Waals surface area (Å²) in [5, 5.41) is 12.8. The number of carboxylic acids is 1. The van der Waals surface area contributed by atoms with Gasteiger partial charge in [-0.3, -0.25) is 4.79 Å². The molecule has 0 fully saturated rings. The molecule has 7 heteroatoms. The molecule has 1 aromatic heterocycles. The predicted molar refractivity (Wildman–Crippen MR) is 87.1 cm³/mol. The third-order valence-electron chi connectivity index (χ3n) is 3.30. The van der Waals surface area contributed by atoms with E-state index in [-0.39, 0.29) is 0 Å². The summed E-state index contributed by atoms with van der Waals surface area (Å²) < 4.78 is 5.10. The normalized spacial score (nSPS) is 11.8. The molecule has 23 heavy (non-hydrogen) atoms. The highest BCUT2D eigenvalue weighted by Crippen LogP contribution is 2.22. The maximum atomic E-state index is 12.4. The van der Waals surface area contributed by atoms with Crippen molar-refractivity contribution in [3.05, 3.63) is 45.4 Å². The highest BCUT2D eigenvalue weighted by Gasteiger charge is 2.25. The molecule has 1 amide bonds. The number of nitrogens with zero attached hydrogens (tertiary/aromatic N) is 1. The minimum absolute atomic E-state index is 0.435. The van der Waals surface area contributed by atoms with Gasteiger partial charge in [0.15, 0.2) is 6.04 Å². The molecule has 1 heterocycles. The van der Waals surface area contributed by atoms with Crippen LogP contribution in [0.4, 0.5) is 0 Å². The van der Waals surface area contributed by atoms with Crippen molar-refractivity contribution in [2.75, 3.05) is 7.11 Å². The summed E-state index contributed by atoms with van der Waals surface area (Å²) in [6, 6.07) is 5.48. The molecule has 2 aromatic rings. The number of hydrogen-bond acceptors (Lipinski definition) is 5. The van der Waals surface area contributed by atoms with E-state index in [0.717, 1.165) is 11.4 Å². The number of carbonyl (C=O) groups excluding carboxylic acids is 1. The molecule has 0 radical (unpaired) electrons. The summed E-state index contributed by atoms with van der Waals surface area (Å²) >= 11 is 1.28. The van der Waals surface area contributed by atoms with Crippen molar-refractivity contribution < 1.29 is 19.4 Å². The molecule has 2 N–H and O–H groups in total. The summed E-state index contributed by atoms with van der Waals surface area (Å²) in [5.41, 5.74) is 1.06. The SMILES string of the molecule is CCc1nc(C)c(C(=O)NC(C(=O)O)c2cccc(OC)c2)s1. The van der Waals surface area contributed by atoms with Gasteiger partial charge in [-0.15, -0.1) is 11.3 Å². The van der Waals surface area contributed by atoms with Crippen LogP contribution in [0.1, 0.15) is 38.9 Å². The van der Waals surface area contributed by atoms with Gasteiger partial charge in [0, 0.05) is 0 Å². The van der Waals surface area contributed by atoms with Crippen LogP contribution in [-0.2, 0) is 11.2 Å². The lowest BCUT2D eigenvalue weighted by molar-refractivity contribution is -0.139. The van der Waals surface area contributed by atoms with E-state index in [1.807, 2.05) is 6.92 Å². The van der Waals surface area contributed by atoms with Crippen LogP contribution in [0.5, 0.6) is 5.75 Å². The second-order valence-electron chi connectivity index (χ2n) is 4.90. The number of thiazole rings is 1. The Balaban J connectivity index is 2.26. The van der Waals surface area contributed by atoms with Crippen molar-refractivity contribution in [1.82, 2.24) is 10.3 Å². The zero-order chi connectivity index (χ0) is 17.0. The average molecular weight is 334 g/mol. The van der Waals surface area contributed by atoms with Gasteiger partial charge >= 0.3 is 5.97 Å². The topological polar surface area (TPSA) is 88.5 Å². The Bertz CT molecular complexity index is 727. The third kappa shape index (κ3) is 3.87. The molecule has 1 atom stereocenters. The standard InChI is InChI=1S/C16H18N2O4S/c1-4-12-17-9(2)14(23-12)15(19)18-13(16(20)21)10-6-5-7-11(8-10)22-3/h5-8,13H,4H2,1-3H3,(H,18,19)(H,20,21). The van der Waals surface area contributed by atoms with Gasteiger partial charge < -0.3 is 15.2 Å². The molecule has 6 nitrogen and oxygen atoms in total. The molecule has 0 aliphatic carbocycles. The minimum Gasteiger partial charge on any atom is -0.497 e. The number of benzene rings is 1. The highest BCUT2D eigenvalue weighted by atomic mass is 32.1. The molecule has 0 bridgehead atoms. The minimum atomic E-state index is -1.15. The second kappa shape index (κ2) is 7.23. The van der Waals surface area contributed by atoms with Crippen molar-refractivity contribution in [2.24, 2.45) is 0 Å². The van der Waals surface area contributed by atoms with Crippen LogP contribution in [0.3, 0.4) is 0 Å². The lowest BCUT2D eigenvalue weighted by Crippen LogP contribution is -2.33. The number of carbonyl (C=O) groups is 2. The number of hydrogen-bond donors (Lipinski definition) is 2. The van der Waals surface area contributed by atoms with Crippen LogP contribution in [0.2, 0.25) is 0 Å². The fourth-order valence-corrected chi connectivity index (χ4v) is 3.03. The largest absolute Gasteiger partial charge is 0.497 e. The molecule has 0 saturated heterocycles. The number of carboxylic acid groups (broad SMARTS) is 1. The number of rotatable bonds is 6. The molecule has 0 aliphatic rings. The van der Waals surface area contributed by atoms with E-state index < -0.39 is 17.9 Å². The summed E-state index contributed by atoms with van der Waals surface area (Å²) in [7, 11) is 1.50. The van der Waals surface area contributed by atoms with Gasteiger partial charge in [-0.1, -0.05) is 19.1 Å². The van der Waals surface area contributed by atoms with Crippen LogP contribution in [0.15, 0.2) is 24.3 Å². The van der Waals surface area contributed by atoms with Gasteiger partial charge in [0.2, 0.25) is 0 Å². The first-order chi connectivity index (χ1) is 11.0. The number of methoxy groups -OCH3 is 1. The number of nitrogens with one attached hydrogen (secondary N) is 1. The second-order valence-corrected chi connectivity index (χ2v) is 5.98. The number of aliphatic carboxylic acids is 1. The van der Waals surface area contributed by atoms with Crippen LogP contribution in [-0.4, -0.2) is 29.1 Å². The fraction of sp³-hybridized carbons (Fsp3) is 0.312. The quantitative estimate of drug-likeness (QED) is 0.847. The Morgan fingerprint density at radius 2 is 2.17 bits per heavy atom. The lowest BCUT2D eigenvalue weighted by Gasteiger charge is -2.15. The van der Waals surface area contributed by atoms with Crippen LogP contribution < -0.4 is 10.1 Å². The summed E-state index contributed by atoms with van der Waals surface area (Å²) in [6.07, 6.45) is 0.733. The van der Waals surface area contributed by atoms with E-state index in [9.17, 15) is 14.7 Å². The van der Waals surface area contributed by atoms with E-state index in [4.69, 9.17) is 4.74 Å². The summed E-state index contributed by atoms with van der Waals surface area (Å²) in [5.74, 6) is -1.04. The molecule has 122 valence electrons. The Hall–Kier alpha value is -2.41. The Kier molecular flexibility index (Phi) is 5.33. The van der Waals surface area contributed by atoms with E-state index in [0.29, 0.717) is 21.9 Å². The van der Waals surface area contributed by atoms with E-state index in [1.54, 1.807) is 31.2 Å². The molecule has 1 aromatic carbocycles. The first-order valence-electron chi connectivity index (χ1n) is 7.10. The maximum Gasteiger partial charge on any atom is 0.330 e. The van der Waals surface area contributed by atoms with Crippen molar-refractivity contribution in [3.63, 3.8) is 0 Å². The zero-order valence-corrected chi connectivity index (χ0v) is 13.9. The van der Waals surface area contributed by atoms with Gasteiger partial charge in [-0.05, 0) is 31.0 Å². The zero-order valence-electron chi connectivity index (χ0n) is 13.1. The molecule has 1 unspecified atom stereocenters. The Labute approximate surface area is 138 Å². The fourth-order valence-electron chi connectivity index (χ4n) is 2.12. The van der Waals surface area contributed by atoms with Gasteiger partial charge in [-0.25, -0.2) is 9.78 Å². The van der Waals surface area contributed by atoms with Gasteiger partial charge in [0.1, 0.15) is 10.6 Å². The molecule has 2 rings (SSSR count). The molecule has 0 spiro atoms. The number of amides is 1. The van der Waals surface area contributed by atoms with E-state index in [2.05, 4.69) is 10.3 Å². The van der Waals surface area contributed by atoms with Crippen molar-refractivity contribution in [1.29, 1.82) is 0 Å². The molecular formula is C16H18N2O4S. The smallest absolute Gasteiger partial charge is 0.330 e. The Morgan fingerprint density at radius 3 is 2.74 bits per heavy atom. The Morgan fingerprint density at radius 1 is 1.43 bits per heavy atom. The summed E-state index contributed by atoms with van der Waals surface area (Å²) in [4.78, 5) is 28.7. The summed E-state index contributed by atoms with van der Waals surface area (Å²) in [6.45, 7) is 3.70. The molecule has 0 saturated carbocycles. The number of aryl methyl sites for hydroxylation is 2. The van der Waals surface area contributed by atoms with Crippen LogP contribution in [0, 0.1) is 6.92 Å². The first-order valence-corrected chi connectivity index (χ1v) is 7.91. The van der Waals surface area contributed by atoms with Crippen molar-refractivity contribution in [3.8, 4) is 5.75 Å². The maximum absolute atomic E-state index is 12.4. The first kappa shape index (κ1) is 17.0. The molecule has 0 aliphatic heterocycles. The van der Waals surface area contributed by atoms with Gasteiger partial charge in [-0.2, -0.15) is 0 Å². The third-order valence-corrected chi connectivity index (χ3v) is 4.60. The van der Waals surface area contributed by atoms with Gasteiger partial charge in [0.05, 0.1) is 17.8 Å². The average Bonchev–Trinajstić information content (AvgIpc) is 2.93. The monoisotopic (exact) mass is 334 g/mol.